The van der Waals surface area contributed by atoms with Crippen molar-refractivity contribution in [2.45, 2.75) is 26.9 Å². The van der Waals surface area contributed by atoms with Crippen LogP contribution in [0.3, 0.4) is 0 Å². The van der Waals surface area contributed by atoms with Crippen molar-refractivity contribution in [1.29, 1.82) is 5.26 Å². The van der Waals surface area contributed by atoms with Gasteiger partial charge in [0.25, 0.3) is 11.8 Å². The number of aryl methyl sites for hydroxylation is 2. The van der Waals surface area contributed by atoms with Gasteiger partial charge >= 0.3 is 0 Å². The number of aliphatic hydroxyl groups excluding tert-OH is 1. The summed E-state index contributed by atoms with van der Waals surface area (Å²) in [5.41, 5.74) is 4.49. The second-order valence-electron chi connectivity index (χ2n) is 8.62. The molecule has 1 atom stereocenters. The summed E-state index contributed by atoms with van der Waals surface area (Å²) < 4.78 is 9.06. The molecule has 12 nitrogen and oxygen atoms in total. The number of rotatable bonds is 6. The van der Waals surface area contributed by atoms with Gasteiger partial charge in [-0.05, 0) is 51.1 Å². The topological polar surface area (TPSA) is 156 Å². The maximum atomic E-state index is 12.3. The highest BCUT2D eigenvalue weighted by atomic mass is 16.5. The second kappa shape index (κ2) is 9.72. The Morgan fingerprint density at radius 3 is 2.71 bits per heavy atom. The first-order valence-corrected chi connectivity index (χ1v) is 11.7. The molecule has 2 N–H and O–H groups in total. The number of aromatic nitrogens is 7. The summed E-state index contributed by atoms with van der Waals surface area (Å²) in [7, 11) is 1.53. The summed E-state index contributed by atoms with van der Waals surface area (Å²) >= 11 is 0. The molecule has 0 aliphatic carbocycles. The van der Waals surface area contributed by atoms with Crippen LogP contribution in [-0.2, 0) is 0 Å². The molecule has 0 saturated heterocycles. The molecule has 1 unspecified atom stereocenters. The largest absolute Gasteiger partial charge is 0.435 e. The Hall–Kier alpha value is -5.15. The summed E-state index contributed by atoms with van der Waals surface area (Å²) in [6.07, 6.45) is 2.54. The quantitative estimate of drug-likeness (QED) is 0.351. The van der Waals surface area contributed by atoms with Gasteiger partial charge in [-0.3, -0.25) is 4.79 Å². The van der Waals surface area contributed by atoms with Crippen molar-refractivity contribution in [3.63, 3.8) is 0 Å². The maximum Gasteiger partial charge on any atom is 0.256 e. The average Bonchev–Trinajstić information content (AvgIpc) is 3.51. The predicted octanol–water partition coefficient (Wildman–Crippen LogP) is 3.07. The minimum atomic E-state index is -0.797. The number of hydrogen-bond donors (Lipinski definition) is 2. The SMILES string of the molecule is CNC(=O)c1cc(C)nnc1Oc1ccc2c(-c3ccc(C(C)O)c(-n4nc(C#N)cc4C)n3)cnn2c1. The monoisotopic (exact) mass is 509 g/mol. The number of carbonyl (C=O) groups excluding carboxylic acids is 1. The number of nitrogens with one attached hydrogen (secondary N) is 1. The molecular formula is C26H23N9O3. The summed E-state index contributed by atoms with van der Waals surface area (Å²) in [6.45, 7) is 5.21. The van der Waals surface area contributed by atoms with Crippen molar-refractivity contribution in [3.8, 4) is 34.8 Å². The molecule has 5 aromatic heterocycles. The Morgan fingerprint density at radius 2 is 2.00 bits per heavy atom. The Kier molecular flexibility index (Phi) is 6.28. The smallest absolute Gasteiger partial charge is 0.256 e. The first-order valence-electron chi connectivity index (χ1n) is 11.7. The van der Waals surface area contributed by atoms with Crippen LogP contribution in [0.4, 0.5) is 0 Å². The average molecular weight is 510 g/mol. The molecule has 1 amide bonds. The molecule has 0 aromatic carbocycles. The third kappa shape index (κ3) is 4.42. The fraction of sp³-hybridized carbons (Fsp3) is 0.192. The molecule has 5 heterocycles. The molecule has 0 aliphatic heterocycles. The lowest BCUT2D eigenvalue weighted by atomic mass is 10.1. The van der Waals surface area contributed by atoms with Crippen molar-refractivity contribution in [2.24, 2.45) is 0 Å². The zero-order valence-electron chi connectivity index (χ0n) is 21.0. The lowest BCUT2D eigenvalue weighted by Gasteiger charge is -2.14. The summed E-state index contributed by atoms with van der Waals surface area (Å²) in [5, 5.41) is 39.0. The molecule has 0 spiro atoms. The molecule has 190 valence electrons. The van der Waals surface area contributed by atoms with E-state index in [1.807, 2.05) is 19.1 Å². The Bertz CT molecular complexity index is 1730. The molecule has 5 rings (SSSR count). The molecule has 5 aromatic rings. The number of amides is 1. The second-order valence-corrected chi connectivity index (χ2v) is 8.62. The number of hydrogen-bond acceptors (Lipinski definition) is 9. The van der Waals surface area contributed by atoms with E-state index in [1.54, 1.807) is 65.8 Å². The van der Waals surface area contributed by atoms with Crippen LogP contribution in [0.2, 0.25) is 0 Å². The molecule has 0 saturated carbocycles. The maximum absolute atomic E-state index is 12.3. The van der Waals surface area contributed by atoms with Crippen molar-refractivity contribution < 1.29 is 14.6 Å². The number of ether oxygens (including phenoxy) is 1. The van der Waals surface area contributed by atoms with E-state index in [4.69, 9.17) is 9.72 Å². The lowest BCUT2D eigenvalue weighted by Crippen LogP contribution is -2.19. The fourth-order valence-corrected chi connectivity index (χ4v) is 4.03. The van der Waals surface area contributed by atoms with E-state index in [1.165, 1.54) is 7.05 Å². The minimum Gasteiger partial charge on any atom is -0.435 e. The number of nitrogens with zero attached hydrogens (tertiary/aromatic N) is 8. The van der Waals surface area contributed by atoms with Crippen molar-refractivity contribution in [2.75, 3.05) is 7.05 Å². The third-order valence-corrected chi connectivity index (χ3v) is 5.89. The first kappa shape index (κ1) is 24.5. The van der Waals surface area contributed by atoms with Crippen molar-refractivity contribution in [3.05, 3.63) is 77.0 Å². The molecule has 12 heteroatoms. The van der Waals surface area contributed by atoms with Gasteiger partial charge in [0, 0.05) is 23.9 Å². The summed E-state index contributed by atoms with van der Waals surface area (Å²) in [4.78, 5) is 17.1. The Morgan fingerprint density at radius 1 is 1.18 bits per heavy atom. The van der Waals surface area contributed by atoms with Gasteiger partial charge in [-0.25, -0.2) is 14.2 Å². The van der Waals surface area contributed by atoms with Crippen LogP contribution < -0.4 is 10.1 Å². The normalized spacial score (nSPS) is 11.8. The van der Waals surface area contributed by atoms with E-state index < -0.39 is 6.10 Å². The molecule has 0 aliphatic rings. The molecule has 0 bridgehead atoms. The predicted molar refractivity (Wildman–Crippen MR) is 136 cm³/mol. The first-order chi connectivity index (χ1) is 18.3. The van der Waals surface area contributed by atoms with Gasteiger partial charge in [0.05, 0.1) is 35.4 Å². The van der Waals surface area contributed by atoms with Crippen LogP contribution in [0.25, 0.3) is 22.6 Å². The zero-order valence-corrected chi connectivity index (χ0v) is 21.0. The van der Waals surface area contributed by atoms with E-state index in [9.17, 15) is 15.2 Å². The van der Waals surface area contributed by atoms with Gasteiger partial charge in [-0.2, -0.15) is 20.6 Å². The third-order valence-electron chi connectivity index (χ3n) is 5.89. The van der Waals surface area contributed by atoms with Crippen LogP contribution in [0, 0.1) is 25.2 Å². The van der Waals surface area contributed by atoms with Crippen molar-refractivity contribution >= 4 is 11.4 Å². The van der Waals surface area contributed by atoms with E-state index >= 15 is 0 Å². The molecular weight excluding hydrogens is 486 g/mol. The van der Waals surface area contributed by atoms with Crippen LogP contribution in [0.15, 0.2) is 48.8 Å². The fourth-order valence-electron chi connectivity index (χ4n) is 4.03. The van der Waals surface area contributed by atoms with Crippen molar-refractivity contribution in [1.82, 2.24) is 39.9 Å². The highest BCUT2D eigenvalue weighted by molar-refractivity contribution is 5.96. The lowest BCUT2D eigenvalue weighted by molar-refractivity contribution is 0.0959. The highest BCUT2D eigenvalue weighted by Gasteiger charge is 2.19. The van der Waals surface area contributed by atoms with Gasteiger partial charge in [-0.1, -0.05) is 6.07 Å². The number of fused-ring (bicyclic) bond motifs is 1. The number of aliphatic hydroxyl groups is 1. The van der Waals surface area contributed by atoms with Crippen LogP contribution in [-0.4, -0.2) is 52.6 Å². The van der Waals surface area contributed by atoms with E-state index in [0.29, 0.717) is 34.2 Å². The standard InChI is InChI=1S/C26H23N9O3/c1-14-9-20(25(37)28-4)26(32-31-14)38-18-5-8-23-21(12-29-34(23)13-18)22-7-6-19(16(3)36)24(30-22)35-15(2)10-17(11-27)33-35/h5-10,12-13,16,36H,1-4H3,(H,28,37). The Labute approximate surface area is 217 Å². The van der Waals surface area contributed by atoms with Gasteiger partial charge in [-0.15, -0.1) is 5.10 Å². The van der Waals surface area contributed by atoms with Gasteiger partial charge < -0.3 is 15.2 Å². The van der Waals surface area contributed by atoms with E-state index in [0.717, 1.165) is 11.1 Å². The molecule has 38 heavy (non-hydrogen) atoms. The zero-order chi connectivity index (χ0) is 27.0. The highest BCUT2D eigenvalue weighted by Crippen LogP contribution is 2.30. The summed E-state index contributed by atoms with van der Waals surface area (Å²) in [5.74, 6) is 0.575. The van der Waals surface area contributed by atoms with Crippen LogP contribution >= 0.6 is 0 Å². The minimum absolute atomic E-state index is 0.0769. The molecule has 0 fully saturated rings. The van der Waals surface area contributed by atoms with Gasteiger partial charge in [0.1, 0.15) is 17.4 Å². The number of carbonyl (C=O) groups is 1. The van der Waals surface area contributed by atoms with Gasteiger partial charge in [0.2, 0.25) is 0 Å². The molecule has 0 radical (unpaired) electrons. The van der Waals surface area contributed by atoms with Crippen LogP contribution in [0.1, 0.15) is 46.0 Å². The van der Waals surface area contributed by atoms with E-state index in [-0.39, 0.29) is 23.0 Å². The van der Waals surface area contributed by atoms with Gasteiger partial charge in [0.15, 0.2) is 11.5 Å². The van der Waals surface area contributed by atoms with Crippen LogP contribution in [0.5, 0.6) is 11.6 Å². The Balaban J connectivity index is 1.53. The number of nitriles is 1. The number of pyridine rings is 2. The van der Waals surface area contributed by atoms with E-state index in [2.05, 4.69) is 25.7 Å². The summed E-state index contributed by atoms with van der Waals surface area (Å²) in [6, 6.07) is 12.4.